The molecule has 0 saturated heterocycles. The largest absolute Gasteiger partial charge is 0.461 e. The van der Waals surface area contributed by atoms with Crippen molar-refractivity contribution in [2.24, 2.45) is 11.8 Å². The van der Waals surface area contributed by atoms with Crippen molar-refractivity contribution in [3.05, 3.63) is 119 Å². The molecule has 200 valence electrons. The number of carbonyl (C=O) groups is 1. The summed E-state index contributed by atoms with van der Waals surface area (Å²) in [6, 6.07) is 16.9. The van der Waals surface area contributed by atoms with Crippen LogP contribution in [0.3, 0.4) is 0 Å². The molecule has 0 bridgehead atoms. The molecule has 0 aliphatic heterocycles. The predicted molar refractivity (Wildman–Crippen MR) is 162 cm³/mol. The third-order valence-electron chi connectivity index (χ3n) is 7.51. The van der Waals surface area contributed by atoms with Crippen LogP contribution in [-0.4, -0.2) is 12.6 Å². The molecule has 1 aliphatic rings. The second kappa shape index (κ2) is 14.0. The fourth-order valence-electron chi connectivity index (χ4n) is 5.47. The lowest BCUT2D eigenvalue weighted by molar-refractivity contribution is -0.139. The van der Waals surface area contributed by atoms with E-state index in [0.717, 1.165) is 30.4 Å². The van der Waals surface area contributed by atoms with Crippen LogP contribution in [0.2, 0.25) is 0 Å². The average molecular weight is 509 g/mol. The van der Waals surface area contributed by atoms with E-state index in [2.05, 4.69) is 108 Å². The van der Waals surface area contributed by atoms with Crippen molar-refractivity contribution < 1.29 is 9.53 Å². The molecule has 0 fully saturated rings. The highest BCUT2D eigenvalue weighted by molar-refractivity contribution is 5.90. The molecular formula is C36H44O2. The lowest BCUT2D eigenvalue weighted by Gasteiger charge is -2.27. The number of rotatable bonds is 13. The summed E-state index contributed by atoms with van der Waals surface area (Å²) in [7, 11) is 0. The smallest absolute Gasteiger partial charge is 0.334 e. The molecule has 0 aromatic heterocycles. The van der Waals surface area contributed by atoms with Gasteiger partial charge in [-0.2, -0.15) is 0 Å². The molecule has 0 saturated carbocycles. The molecule has 0 N–H and O–H groups in total. The summed E-state index contributed by atoms with van der Waals surface area (Å²) in [6.45, 7) is 19.1. The number of allylic oxidation sites excluding steroid dienone is 7. The molecule has 2 heteroatoms. The highest BCUT2D eigenvalue weighted by Crippen LogP contribution is 2.44. The second-order valence-electron chi connectivity index (χ2n) is 10.9. The zero-order valence-corrected chi connectivity index (χ0v) is 23.9. The maximum Gasteiger partial charge on any atom is 0.334 e. The first kappa shape index (κ1) is 29.2. The van der Waals surface area contributed by atoms with Crippen LogP contribution in [0.4, 0.5) is 0 Å². The summed E-state index contributed by atoms with van der Waals surface area (Å²) in [5.41, 5.74) is 9.35. The number of esters is 1. The second-order valence-corrected chi connectivity index (χ2v) is 10.9. The molecule has 0 radical (unpaired) electrons. The molecular weight excluding hydrogens is 464 g/mol. The first-order chi connectivity index (χ1) is 18.3. The summed E-state index contributed by atoms with van der Waals surface area (Å²) >= 11 is 0. The summed E-state index contributed by atoms with van der Waals surface area (Å²) in [5, 5.41) is 0. The molecule has 0 heterocycles. The SMILES string of the molecule is C=CC/C(C(=O)OCC1c2ccccc2-c2ccccc21)=C(/CC=C(C)C)C(CC=C)C(C)CC=C(C)C. The van der Waals surface area contributed by atoms with Gasteiger partial charge in [0.15, 0.2) is 0 Å². The molecule has 1 aliphatic carbocycles. The molecule has 38 heavy (non-hydrogen) atoms. The van der Waals surface area contributed by atoms with Crippen LogP contribution in [-0.2, 0) is 9.53 Å². The van der Waals surface area contributed by atoms with Gasteiger partial charge in [0, 0.05) is 11.5 Å². The molecule has 2 aromatic rings. The third kappa shape index (κ3) is 7.13. The van der Waals surface area contributed by atoms with E-state index in [4.69, 9.17) is 4.74 Å². The van der Waals surface area contributed by atoms with Gasteiger partial charge < -0.3 is 4.74 Å². The highest BCUT2D eigenvalue weighted by atomic mass is 16.5. The minimum atomic E-state index is -0.229. The predicted octanol–water partition coefficient (Wildman–Crippen LogP) is 9.76. The van der Waals surface area contributed by atoms with Crippen molar-refractivity contribution in [2.75, 3.05) is 6.61 Å². The normalized spacial score (nSPS) is 14.3. The fraction of sp³-hybridized carbons (Fsp3) is 0.361. The molecule has 3 rings (SSSR count). The minimum Gasteiger partial charge on any atom is -0.461 e. The maximum absolute atomic E-state index is 13.8. The van der Waals surface area contributed by atoms with Crippen LogP contribution in [0.15, 0.2) is 108 Å². The third-order valence-corrected chi connectivity index (χ3v) is 7.51. The van der Waals surface area contributed by atoms with Crippen molar-refractivity contribution in [2.45, 2.75) is 66.2 Å². The fourth-order valence-corrected chi connectivity index (χ4v) is 5.47. The molecule has 0 amide bonds. The van der Waals surface area contributed by atoms with E-state index in [1.165, 1.54) is 33.4 Å². The van der Waals surface area contributed by atoms with Gasteiger partial charge in [0.05, 0.1) is 0 Å². The number of fused-ring (bicyclic) bond motifs is 3. The summed E-state index contributed by atoms with van der Waals surface area (Å²) in [5.74, 6) is 0.379. The van der Waals surface area contributed by atoms with E-state index >= 15 is 0 Å². The van der Waals surface area contributed by atoms with Gasteiger partial charge >= 0.3 is 5.97 Å². The summed E-state index contributed by atoms with van der Waals surface area (Å²) in [4.78, 5) is 13.8. The Balaban J connectivity index is 1.97. The molecule has 2 nitrogen and oxygen atoms in total. The Morgan fingerprint density at radius 2 is 1.42 bits per heavy atom. The van der Waals surface area contributed by atoms with E-state index in [1.54, 1.807) is 0 Å². The van der Waals surface area contributed by atoms with Gasteiger partial charge in [-0.25, -0.2) is 4.79 Å². The van der Waals surface area contributed by atoms with Gasteiger partial charge in [-0.05, 0) is 87.5 Å². The zero-order valence-electron chi connectivity index (χ0n) is 23.9. The van der Waals surface area contributed by atoms with E-state index in [9.17, 15) is 4.79 Å². The van der Waals surface area contributed by atoms with Crippen molar-refractivity contribution in [3.63, 3.8) is 0 Å². The summed E-state index contributed by atoms with van der Waals surface area (Å²) < 4.78 is 6.15. The Hall–Kier alpha value is -3.39. The van der Waals surface area contributed by atoms with E-state index in [0.29, 0.717) is 18.9 Å². The Bertz CT molecular complexity index is 1190. The van der Waals surface area contributed by atoms with E-state index in [1.807, 2.05) is 12.2 Å². The van der Waals surface area contributed by atoms with Gasteiger partial charge in [-0.1, -0.05) is 96.5 Å². The van der Waals surface area contributed by atoms with Crippen LogP contribution in [0.25, 0.3) is 11.1 Å². The minimum absolute atomic E-state index is 0.0399. The van der Waals surface area contributed by atoms with Gasteiger partial charge in [0.1, 0.15) is 6.61 Å². The van der Waals surface area contributed by atoms with Gasteiger partial charge in [0.2, 0.25) is 0 Å². The maximum atomic E-state index is 13.8. The topological polar surface area (TPSA) is 26.3 Å². The van der Waals surface area contributed by atoms with E-state index < -0.39 is 0 Å². The van der Waals surface area contributed by atoms with E-state index in [-0.39, 0.29) is 17.8 Å². The van der Waals surface area contributed by atoms with Crippen molar-refractivity contribution in [1.29, 1.82) is 0 Å². The van der Waals surface area contributed by atoms with Crippen LogP contribution >= 0.6 is 0 Å². The lowest BCUT2D eigenvalue weighted by atomic mass is 9.78. The first-order valence-electron chi connectivity index (χ1n) is 13.8. The number of hydrogen-bond donors (Lipinski definition) is 0. The highest BCUT2D eigenvalue weighted by Gasteiger charge is 2.30. The average Bonchev–Trinajstić information content (AvgIpc) is 3.22. The van der Waals surface area contributed by atoms with Crippen LogP contribution in [0.5, 0.6) is 0 Å². The lowest BCUT2D eigenvalue weighted by Crippen LogP contribution is -2.21. The Morgan fingerprint density at radius 1 is 0.842 bits per heavy atom. The molecule has 2 aromatic carbocycles. The molecule has 0 spiro atoms. The Morgan fingerprint density at radius 3 is 1.95 bits per heavy atom. The monoisotopic (exact) mass is 508 g/mol. The Kier molecular flexibility index (Phi) is 10.7. The number of benzene rings is 2. The van der Waals surface area contributed by atoms with Crippen molar-refractivity contribution in [3.8, 4) is 11.1 Å². The molecule has 2 unspecified atom stereocenters. The van der Waals surface area contributed by atoms with Crippen LogP contribution in [0.1, 0.15) is 77.3 Å². The van der Waals surface area contributed by atoms with Crippen LogP contribution < -0.4 is 0 Å². The van der Waals surface area contributed by atoms with Crippen LogP contribution in [0, 0.1) is 11.8 Å². The van der Waals surface area contributed by atoms with Crippen molar-refractivity contribution >= 4 is 5.97 Å². The Labute approximate surface area is 230 Å². The standard InChI is InChI=1S/C36H44O2/c1-8-14-28(27(7)22-20-25(3)4)33(23-21-26(5)6)34(15-9-2)36(37)38-24-35-31-18-12-10-16-29(31)30-17-11-13-19-32(30)35/h8-13,16-21,27-28,35H,1-2,14-15,22-24H2,3-7H3/b34-33+. The van der Waals surface area contributed by atoms with Gasteiger partial charge in [-0.15, -0.1) is 13.2 Å². The quantitative estimate of drug-likeness (QED) is 0.153. The van der Waals surface area contributed by atoms with Crippen molar-refractivity contribution in [1.82, 2.24) is 0 Å². The number of carbonyl (C=O) groups excluding carboxylic acids is 1. The van der Waals surface area contributed by atoms with Gasteiger partial charge in [0.25, 0.3) is 0 Å². The number of ether oxygens (including phenoxy) is 1. The van der Waals surface area contributed by atoms with Gasteiger partial charge in [-0.3, -0.25) is 0 Å². The molecule has 2 atom stereocenters. The number of hydrogen-bond acceptors (Lipinski definition) is 2. The zero-order chi connectivity index (χ0) is 27.7. The summed E-state index contributed by atoms with van der Waals surface area (Å²) in [6.07, 6.45) is 11.3. The first-order valence-corrected chi connectivity index (χ1v) is 13.8.